The summed E-state index contributed by atoms with van der Waals surface area (Å²) in [5, 5.41) is 3.83. The average molecular weight is 340 g/mol. The van der Waals surface area contributed by atoms with Crippen molar-refractivity contribution < 1.29 is 9.53 Å². The van der Waals surface area contributed by atoms with E-state index in [0.29, 0.717) is 13.0 Å². The number of Topliss-reactive ketones (excluding diaryl/α,β-unsaturated/α-hetero) is 1. The Morgan fingerprint density at radius 2 is 2.29 bits per heavy atom. The van der Waals surface area contributed by atoms with Crippen LogP contribution in [-0.2, 0) is 24.3 Å². The molecule has 124 valence electrons. The van der Waals surface area contributed by atoms with Gasteiger partial charge in [-0.25, -0.2) is 4.98 Å². The predicted octanol–water partition coefficient (Wildman–Crippen LogP) is 4.08. The number of hydrogen-bond acceptors (Lipinski definition) is 4. The lowest BCUT2D eigenvalue weighted by Crippen LogP contribution is -2.03. The Hall–Kier alpha value is -1.98. The molecule has 4 nitrogen and oxygen atoms in total. The van der Waals surface area contributed by atoms with Crippen LogP contribution in [0.1, 0.15) is 33.8 Å². The number of thiazole rings is 1. The quantitative estimate of drug-likeness (QED) is 0.609. The monoisotopic (exact) mass is 340 g/mol. The van der Waals surface area contributed by atoms with Gasteiger partial charge >= 0.3 is 0 Å². The number of ketones is 1. The van der Waals surface area contributed by atoms with Crippen LogP contribution in [0.5, 0.6) is 0 Å². The van der Waals surface area contributed by atoms with Crippen LogP contribution in [0, 0.1) is 5.92 Å². The number of methoxy groups -OCH3 is 1. The van der Waals surface area contributed by atoms with Crippen LogP contribution in [0.15, 0.2) is 36.0 Å². The van der Waals surface area contributed by atoms with Gasteiger partial charge in [-0.15, -0.1) is 11.3 Å². The molecule has 0 spiro atoms. The van der Waals surface area contributed by atoms with Crippen molar-refractivity contribution in [1.82, 2.24) is 9.55 Å². The summed E-state index contributed by atoms with van der Waals surface area (Å²) < 4.78 is 7.50. The third kappa shape index (κ3) is 3.14. The number of carbonyl (C=O) groups excluding carboxylic acids is 1. The second kappa shape index (κ2) is 6.49. The molecule has 4 rings (SSSR count). The number of fused-ring (bicyclic) bond motifs is 1. The fourth-order valence-corrected chi connectivity index (χ4v) is 3.73. The zero-order chi connectivity index (χ0) is 16.5. The summed E-state index contributed by atoms with van der Waals surface area (Å²) in [4.78, 5) is 17.0. The molecule has 1 aliphatic rings. The first kappa shape index (κ1) is 15.5. The highest BCUT2D eigenvalue weighted by atomic mass is 32.1. The zero-order valence-corrected chi connectivity index (χ0v) is 14.5. The van der Waals surface area contributed by atoms with Gasteiger partial charge in [0, 0.05) is 47.9 Å². The van der Waals surface area contributed by atoms with Crippen molar-refractivity contribution in [3.63, 3.8) is 0 Å². The van der Waals surface area contributed by atoms with E-state index < -0.39 is 0 Å². The van der Waals surface area contributed by atoms with E-state index in [-0.39, 0.29) is 5.78 Å². The van der Waals surface area contributed by atoms with Gasteiger partial charge in [-0.3, -0.25) is 4.79 Å². The van der Waals surface area contributed by atoms with Crippen molar-refractivity contribution in [3.8, 4) is 0 Å². The van der Waals surface area contributed by atoms with Crippen molar-refractivity contribution in [1.29, 1.82) is 0 Å². The minimum atomic E-state index is 0.143. The number of benzene rings is 1. The molecule has 5 heteroatoms. The van der Waals surface area contributed by atoms with Crippen LogP contribution in [0.3, 0.4) is 0 Å². The minimum Gasteiger partial charge on any atom is -0.380 e. The first-order chi connectivity index (χ1) is 11.7. The van der Waals surface area contributed by atoms with Gasteiger partial charge in [-0.2, -0.15) is 0 Å². The van der Waals surface area contributed by atoms with Crippen molar-refractivity contribution in [2.45, 2.75) is 32.4 Å². The molecule has 0 aliphatic heterocycles. The van der Waals surface area contributed by atoms with Gasteiger partial charge in [0.2, 0.25) is 0 Å². The van der Waals surface area contributed by atoms with Gasteiger partial charge in [0.1, 0.15) is 5.01 Å². The molecule has 0 unspecified atom stereocenters. The predicted molar refractivity (Wildman–Crippen MR) is 95.5 cm³/mol. The van der Waals surface area contributed by atoms with Crippen LogP contribution in [0.4, 0.5) is 0 Å². The number of carbonyl (C=O) groups is 1. The van der Waals surface area contributed by atoms with Crippen molar-refractivity contribution in [2.24, 2.45) is 5.92 Å². The van der Waals surface area contributed by atoms with Crippen LogP contribution in [-0.4, -0.2) is 22.4 Å². The fourth-order valence-electron chi connectivity index (χ4n) is 3.12. The van der Waals surface area contributed by atoms with E-state index in [0.717, 1.165) is 39.5 Å². The third-order valence-corrected chi connectivity index (χ3v) is 5.28. The van der Waals surface area contributed by atoms with E-state index in [1.807, 2.05) is 17.6 Å². The number of ether oxygens (including phenoxy) is 1. The lowest BCUT2D eigenvalue weighted by atomic mass is 10.1. The highest BCUT2D eigenvalue weighted by Crippen LogP contribution is 2.33. The maximum atomic E-state index is 12.8. The van der Waals surface area contributed by atoms with E-state index >= 15 is 0 Å². The second-order valence-electron chi connectivity index (χ2n) is 6.45. The number of rotatable bonds is 7. The van der Waals surface area contributed by atoms with Crippen LogP contribution in [0.25, 0.3) is 10.9 Å². The van der Waals surface area contributed by atoms with Gasteiger partial charge in [0.05, 0.1) is 13.0 Å². The molecule has 0 saturated heterocycles. The summed E-state index contributed by atoms with van der Waals surface area (Å²) in [5.74, 6) is 0.901. The van der Waals surface area contributed by atoms with E-state index in [9.17, 15) is 4.79 Å². The first-order valence-electron chi connectivity index (χ1n) is 8.27. The van der Waals surface area contributed by atoms with Gasteiger partial charge in [-0.1, -0.05) is 12.1 Å². The topological polar surface area (TPSA) is 44.1 Å². The van der Waals surface area contributed by atoms with Crippen LogP contribution in [0.2, 0.25) is 0 Å². The lowest BCUT2D eigenvalue weighted by molar-refractivity contribution is 0.0994. The molecular weight excluding hydrogens is 320 g/mol. The summed E-state index contributed by atoms with van der Waals surface area (Å²) >= 11 is 1.53. The van der Waals surface area contributed by atoms with E-state index in [2.05, 4.69) is 21.7 Å². The molecule has 1 aromatic carbocycles. The van der Waals surface area contributed by atoms with Gasteiger partial charge < -0.3 is 9.30 Å². The molecular formula is C19H20N2O2S. The number of nitrogens with zero attached hydrogens (tertiary/aromatic N) is 2. The Balaban J connectivity index is 1.72. The molecule has 2 heterocycles. The minimum absolute atomic E-state index is 0.143. The molecule has 0 amide bonds. The summed E-state index contributed by atoms with van der Waals surface area (Å²) in [6.07, 6.45) is 6.75. The first-order valence-corrected chi connectivity index (χ1v) is 9.15. The smallest absolute Gasteiger partial charge is 0.171 e. The molecule has 3 aromatic rings. The van der Waals surface area contributed by atoms with Gasteiger partial charge in [-0.05, 0) is 30.4 Å². The lowest BCUT2D eigenvalue weighted by Gasteiger charge is -2.05. The van der Waals surface area contributed by atoms with E-state index in [1.54, 1.807) is 13.3 Å². The number of aromatic nitrogens is 2. The normalized spacial score (nSPS) is 14.4. The summed E-state index contributed by atoms with van der Waals surface area (Å²) in [6, 6.07) is 6.26. The van der Waals surface area contributed by atoms with Crippen LogP contribution < -0.4 is 0 Å². The molecule has 0 atom stereocenters. The largest absolute Gasteiger partial charge is 0.380 e. The third-order valence-electron chi connectivity index (χ3n) is 4.51. The molecule has 24 heavy (non-hydrogen) atoms. The summed E-state index contributed by atoms with van der Waals surface area (Å²) in [7, 11) is 1.70. The van der Waals surface area contributed by atoms with Crippen molar-refractivity contribution >= 4 is 28.0 Å². The van der Waals surface area contributed by atoms with Gasteiger partial charge in [0.25, 0.3) is 0 Å². The SMILES string of the molecule is COCc1ccc2c(C(=O)Cc3nccs3)cn(CC3CC3)c2c1. The van der Waals surface area contributed by atoms with E-state index in [1.165, 1.54) is 24.2 Å². The Morgan fingerprint density at radius 3 is 3.00 bits per heavy atom. The van der Waals surface area contributed by atoms with E-state index in [4.69, 9.17) is 4.74 Å². The average Bonchev–Trinajstić information content (AvgIpc) is 3.11. The molecule has 1 fully saturated rings. The van der Waals surface area contributed by atoms with Crippen molar-refractivity contribution in [3.05, 3.63) is 52.1 Å². The van der Waals surface area contributed by atoms with Crippen LogP contribution >= 0.6 is 11.3 Å². The number of hydrogen-bond donors (Lipinski definition) is 0. The molecule has 1 aliphatic carbocycles. The molecule has 1 saturated carbocycles. The maximum absolute atomic E-state index is 12.8. The molecule has 0 radical (unpaired) electrons. The van der Waals surface area contributed by atoms with Crippen molar-refractivity contribution in [2.75, 3.05) is 7.11 Å². The molecule has 0 N–H and O–H groups in total. The highest BCUT2D eigenvalue weighted by molar-refractivity contribution is 7.09. The Bertz CT molecular complexity index is 863. The fraction of sp³-hybridized carbons (Fsp3) is 0.368. The second-order valence-corrected chi connectivity index (χ2v) is 7.43. The molecule has 0 bridgehead atoms. The van der Waals surface area contributed by atoms with Gasteiger partial charge in [0.15, 0.2) is 5.78 Å². The maximum Gasteiger partial charge on any atom is 0.171 e. The highest BCUT2D eigenvalue weighted by Gasteiger charge is 2.24. The summed E-state index contributed by atoms with van der Waals surface area (Å²) in [6.45, 7) is 1.59. The molecule has 2 aromatic heterocycles. The Labute approximate surface area is 145 Å². The zero-order valence-electron chi connectivity index (χ0n) is 13.7. The standard InChI is InChI=1S/C19H20N2O2S/c1-23-12-14-4-5-15-16(18(22)9-19-20-6-7-24-19)11-21(17(15)8-14)10-13-2-3-13/h4-8,11,13H,2-3,9-10,12H2,1H3. The summed E-state index contributed by atoms with van der Waals surface area (Å²) in [5.41, 5.74) is 3.09. The Kier molecular flexibility index (Phi) is 4.21. The Morgan fingerprint density at radius 1 is 1.42 bits per heavy atom.